The number of furan rings is 1. The highest BCUT2D eigenvalue weighted by Gasteiger charge is 2.36. The van der Waals surface area contributed by atoms with Crippen LogP contribution in [0.1, 0.15) is 43.6 Å². The van der Waals surface area contributed by atoms with Crippen molar-refractivity contribution in [3.8, 4) is 0 Å². The van der Waals surface area contributed by atoms with Crippen molar-refractivity contribution in [1.29, 1.82) is 0 Å². The lowest BCUT2D eigenvalue weighted by Gasteiger charge is -2.15. The van der Waals surface area contributed by atoms with E-state index in [1.165, 1.54) is 12.5 Å². The van der Waals surface area contributed by atoms with E-state index >= 15 is 0 Å². The van der Waals surface area contributed by atoms with Crippen LogP contribution in [-0.2, 0) is 9.59 Å². The third-order valence-corrected chi connectivity index (χ3v) is 5.04. The second-order valence-corrected chi connectivity index (χ2v) is 7.08. The van der Waals surface area contributed by atoms with Crippen LogP contribution in [0.5, 0.6) is 0 Å². The average Bonchev–Trinajstić information content (AvgIpc) is 3.01. The zero-order valence-electron chi connectivity index (χ0n) is 14.8. The number of hydrogen-bond acceptors (Lipinski definition) is 3. The molecule has 4 rings (SSSR count). The summed E-state index contributed by atoms with van der Waals surface area (Å²) in [6.07, 6.45) is 5.84. The molecule has 2 atom stereocenters. The molecule has 1 saturated heterocycles. The summed E-state index contributed by atoms with van der Waals surface area (Å²) in [7, 11) is 0. The van der Waals surface area contributed by atoms with Gasteiger partial charge in [0.25, 0.3) is 0 Å². The molecule has 5 nitrogen and oxygen atoms in total. The molecule has 1 saturated carbocycles. The van der Waals surface area contributed by atoms with Crippen LogP contribution < -0.4 is 10.2 Å². The molecule has 2 heterocycles. The smallest absolute Gasteiger partial charge is 0.248 e. The van der Waals surface area contributed by atoms with Crippen molar-refractivity contribution in [2.75, 3.05) is 16.8 Å². The first-order chi connectivity index (χ1) is 12.6. The molecule has 1 aliphatic heterocycles. The SMILES string of the molecule is C[C@H]1C[C@@H]1c1ccc(/C=C/C(=O)Nc2ccc(N3CCCC3=O)cc2)o1. The van der Waals surface area contributed by atoms with Crippen molar-refractivity contribution in [2.45, 2.75) is 32.1 Å². The summed E-state index contributed by atoms with van der Waals surface area (Å²) in [4.78, 5) is 25.6. The molecule has 1 N–H and O–H groups in total. The topological polar surface area (TPSA) is 62.6 Å². The van der Waals surface area contributed by atoms with Crippen LogP contribution in [-0.4, -0.2) is 18.4 Å². The second-order valence-electron chi connectivity index (χ2n) is 7.08. The number of amides is 2. The van der Waals surface area contributed by atoms with Crippen LogP contribution >= 0.6 is 0 Å². The lowest BCUT2D eigenvalue weighted by molar-refractivity contribution is -0.117. The zero-order chi connectivity index (χ0) is 18.1. The van der Waals surface area contributed by atoms with Crippen LogP contribution in [0.3, 0.4) is 0 Å². The molecule has 0 radical (unpaired) electrons. The molecule has 5 heteroatoms. The average molecular weight is 350 g/mol. The van der Waals surface area contributed by atoms with Gasteiger partial charge in [-0.15, -0.1) is 0 Å². The highest BCUT2D eigenvalue weighted by Crippen LogP contribution is 2.47. The van der Waals surface area contributed by atoms with Gasteiger partial charge in [0.15, 0.2) is 0 Å². The Kier molecular flexibility index (Phi) is 4.37. The van der Waals surface area contributed by atoms with E-state index in [4.69, 9.17) is 4.42 Å². The monoisotopic (exact) mass is 350 g/mol. The van der Waals surface area contributed by atoms with Gasteiger partial charge < -0.3 is 14.6 Å². The Balaban J connectivity index is 1.34. The van der Waals surface area contributed by atoms with Crippen molar-refractivity contribution in [1.82, 2.24) is 0 Å². The van der Waals surface area contributed by atoms with E-state index in [0.29, 0.717) is 29.7 Å². The van der Waals surface area contributed by atoms with Gasteiger partial charge in [0, 0.05) is 36.3 Å². The number of benzene rings is 1. The minimum absolute atomic E-state index is 0.156. The van der Waals surface area contributed by atoms with Crippen molar-refractivity contribution in [2.24, 2.45) is 5.92 Å². The van der Waals surface area contributed by atoms with Crippen molar-refractivity contribution >= 4 is 29.3 Å². The van der Waals surface area contributed by atoms with Crippen LogP contribution in [0.4, 0.5) is 11.4 Å². The van der Waals surface area contributed by atoms with Crippen molar-refractivity contribution < 1.29 is 14.0 Å². The summed E-state index contributed by atoms with van der Waals surface area (Å²) < 4.78 is 5.76. The summed E-state index contributed by atoms with van der Waals surface area (Å²) in [6.45, 7) is 2.97. The fraction of sp³-hybridized carbons (Fsp3) is 0.333. The largest absolute Gasteiger partial charge is 0.461 e. The highest BCUT2D eigenvalue weighted by atomic mass is 16.3. The standard InChI is InChI=1S/C21H22N2O3/c1-14-13-18(14)19-10-8-17(26-19)9-11-20(24)22-15-4-6-16(7-5-15)23-12-2-3-21(23)25/h4-11,14,18H,2-3,12-13H2,1H3,(H,22,24)/b11-9+/t14-,18-/m0/s1. The molecule has 2 fully saturated rings. The van der Waals surface area contributed by atoms with Gasteiger partial charge in [-0.1, -0.05) is 6.92 Å². The molecular formula is C21H22N2O3. The fourth-order valence-electron chi connectivity index (χ4n) is 3.36. The van der Waals surface area contributed by atoms with Gasteiger partial charge in [0.05, 0.1) is 0 Å². The van der Waals surface area contributed by atoms with Crippen molar-refractivity contribution in [3.05, 3.63) is 54.0 Å². The van der Waals surface area contributed by atoms with Crippen LogP contribution in [0, 0.1) is 5.92 Å². The van der Waals surface area contributed by atoms with Crippen LogP contribution in [0.25, 0.3) is 6.08 Å². The van der Waals surface area contributed by atoms with Gasteiger partial charge in [0.1, 0.15) is 11.5 Å². The first-order valence-corrected chi connectivity index (χ1v) is 9.09. The molecule has 0 spiro atoms. The van der Waals surface area contributed by atoms with Gasteiger partial charge in [-0.3, -0.25) is 9.59 Å². The number of nitrogens with one attached hydrogen (secondary N) is 1. The number of rotatable bonds is 5. The predicted octanol–water partition coefficient (Wildman–Crippen LogP) is 4.18. The Hall–Kier alpha value is -2.82. The Morgan fingerprint density at radius 1 is 1.23 bits per heavy atom. The molecule has 2 aromatic rings. The maximum absolute atomic E-state index is 12.1. The van der Waals surface area contributed by atoms with Crippen molar-refractivity contribution in [3.63, 3.8) is 0 Å². The summed E-state index contributed by atoms with van der Waals surface area (Å²) in [5.74, 6) is 2.87. The molecule has 26 heavy (non-hydrogen) atoms. The Morgan fingerprint density at radius 2 is 2.00 bits per heavy atom. The first-order valence-electron chi connectivity index (χ1n) is 9.09. The second kappa shape index (κ2) is 6.83. The third kappa shape index (κ3) is 3.57. The molecule has 2 amide bonds. The van der Waals surface area contributed by atoms with E-state index in [0.717, 1.165) is 24.4 Å². The number of anilines is 2. The fourth-order valence-corrected chi connectivity index (χ4v) is 3.36. The maximum atomic E-state index is 12.1. The van der Waals surface area contributed by atoms with E-state index in [1.807, 2.05) is 36.4 Å². The predicted molar refractivity (Wildman–Crippen MR) is 101 cm³/mol. The van der Waals surface area contributed by atoms with Gasteiger partial charge in [-0.25, -0.2) is 0 Å². The van der Waals surface area contributed by atoms with Crippen LogP contribution in [0.15, 0.2) is 46.9 Å². The van der Waals surface area contributed by atoms with Gasteiger partial charge in [0.2, 0.25) is 11.8 Å². The lowest BCUT2D eigenvalue weighted by atomic mass is 10.2. The maximum Gasteiger partial charge on any atom is 0.248 e. The number of carbonyl (C=O) groups excluding carboxylic acids is 2. The first kappa shape index (κ1) is 16.6. The van der Waals surface area contributed by atoms with E-state index in [-0.39, 0.29) is 11.8 Å². The zero-order valence-corrected chi connectivity index (χ0v) is 14.8. The number of hydrogen-bond donors (Lipinski definition) is 1. The summed E-state index contributed by atoms with van der Waals surface area (Å²) in [6, 6.07) is 11.2. The summed E-state index contributed by atoms with van der Waals surface area (Å²) >= 11 is 0. The molecule has 1 aliphatic carbocycles. The third-order valence-electron chi connectivity index (χ3n) is 5.04. The highest BCUT2D eigenvalue weighted by molar-refractivity contribution is 6.02. The van der Waals surface area contributed by atoms with E-state index < -0.39 is 0 Å². The lowest BCUT2D eigenvalue weighted by Crippen LogP contribution is -2.23. The quantitative estimate of drug-likeness (QED) is 0.823. The normalized spacial score (nSPS) is 22.2. The molecular weight excluding hydrogens is 328 g/mol. The molecule has 1 aromatic carbocycles. The molecule has 1 aromatic heterocycles. The molecule has 0 unspecified atom stereocenters. The number of carbonyl (C=O) groups is 2. The van der Waals surface area contributed by atoms with Crippen LogP contribution in [0.2, 0.25) is 0 Å². The minimum Gasteiger partial charge on any atom is -0.461 e. The summed E-state index contributed by atoms with van der Waals surface area (Å²) in [5.41, 5.74) is 1.57. The molecule has 2 aliphatic rings. The van der Waals surface area contributed by atoms with E-state index in [9.17, 15) is 9.59 Å². The van der Waals surface area contributed by atoms with Gasteiger partial charge in [-0.05, 0) is 61.2 Å². The Morgan fingerprint density at radius 3 is 2.65 bits per heavy atom. The van der Waals surface area contributed by atoms with E-state index in [2.05, 4.69) is 12.2 Å². The Labute approximate surface area is 152 Å². The molecule has 134 valence electrons. The van der Waals surface area contributed by atoms with Gasteiger partial charge in [-0.2, -0.15) is 0 Å². The van der Waals surface area contributed by atoms with E-state index in [1.54, 1.807) is 11.0 Å². The minimum atomic E-state index is -0.215. The van der Waals surface area contributed by atoms with Gasteiger partial charge >= 0.3 is 0 Å². The summed E-state index contributed by atoms with van der Waals surface area (Å²) in [5, 5.41) is 2.82. The molecule has 0 bridgehead atoms. The Bertz CT molecular complexity index is 850. The number of nitrogens with zero attached hydrogens (tertiary/aromatic N) is 1.